The molecule has 2 amide bonds. The van der Waals surface area contributed by atoms with Crippen molar-refractivity contribution in [3.05, 3.63) is 59.7 Å². The lowest BCUT2D eigenvalue weighted by Crippen LogP contribution is -3.00. The van der Waals surface area contributed by atoms with Gasteiger partial charge in [-0.2, -0.15) is 5.26 Å². The molecular formula is C24H26IN5O2S. The van der Waals surface area contributed by atoms with E-state index in [2.05, 4.69) is 10.6 Å². The number of carbonyl (C=O) groups is 2. The second-order valence-corrected chi connectivity index (χ2v) is 8.44. The van der Waals surface area contributed by atoms with Gasteiger partial charge in [-0.1, -0.05) is 32.4 Å². The predicted octanol–water partition coefficient (Wildman–Crippen LogP) is 0.0899. The van der Waals surface area contributed by atoms with Crippen LogP contribution in [0.1, 0.15) is 30.6 Å². The first-order valence-electron chi connectivity index (χ1n) is 10.4. The van der Waals surface area contributed by atoms with Crippen molar-refractivity contribution in [2.75, 3.05) is 6.54 Å². The molecular weight excluding hydrogens is 549 g/mol. The van der Waals surface area contributed by atoms with Crippen LogP contribution in [-0.2, 0) is 11.8 Å². The Bertz CT molecular complexity index is 1140. The predicted molar refractivity (Wildman–Crippen MR) is 123 cm³/mol. The third kappa shape index (κ3) is 6.82. The van der Waals surface area contributed by atoms with Crippen LogP contribution < -0.4 is 39.2 Å². The number of aryl methyl sites for hydroxylation is 1. The maximum atomic E-state index is 12.8. The molecule has 33 heavy (non-hydrogen) atoms. The van der Waals surface area contributed by atoms with Crippen molar-refractivity contribution in [3.8, 4) is 27.9 Å². The van der Waals surface area contributed by atoms with Gasteiger partial charge in [0.05, 0.1) is 17.3 Å². The second-order valence-electron chi connectivity index (χ2n) is 7.59. The van der Waals surface area contributed by atoms with Gasteiger partial charge in [0.15, 0.2) is 12.4 Å². The molecule has 0 saturated carbocycles. The highest BCUT2D eigenvalue weighted by atomic mass is 127. The van der Waals surface area contributed by atoms with E-state index in [1.807, 2.05) is 73.6 Å². The molecule has 1 unspecified atom stereocenters. The maximum Gasteiger partial charge on any atom is 0.251 e. The number of amides is 2. The van der Waals surface area contributed by atoms with Crippen LogP contribution in [0.25, 0.3) is 21.8 Å². The topological polar surface area (TPSA) is 98.8 Å². The van der Waals surface area contributed by atoms with Crippen LogP contribution in [0.5, 0.6) is 0 Å². The van der Waals surface area contributed by atoms with Crippen LogP contribution in [0.3, 0.4) is 0 Å². The largest absolute Gasteiger partial charge is 1.00 e. The standard InChI is InChI=1S/C24H25N5O2S.HI/c1-4-16(2)21(23(31)26-12-11-25)28-22(30)18-9-7-17(8-10-18)20-15-32-24(27-20)19-6-5-13-29(3)14-19;/h5-10,13-16,21H,4,12H2,1-3H3,(H-,26,28,30,31);1H/t16?,21-;/m0./s1. The fourth-order valence-corrected chi connectivity index (χ4v) is 4.03. The molecule has 3 rings (SSSR count). The number of pyridine rings is 1. The number of thiazole rings is 1. The minimum Gasteiger partial charge on any atom is -1.00 e. The van der Waals surface area contributed by atoms with Crippen LogP contribution >= 0.6 is 11.3 Å². The number of nitrogens with zero attached hydrogens (tertiary/aromatic N) is 3. The lowest BCUT2D eigenvalue weighted by Gasteiger charge is -2.23. The second kappa shape index (κ2) is 12.4. The summed E-state index contributed by atoms with van der Waals surface area (Å²) in [7, 11) is 1.97. The summed E-state index contributed by atoms with van der Waals surface area (Å²) in [5, 5.41) is 17.0. The molecule has 0 bridgehead atoms. The Morgan fingerprint density at radius 2 is 1.94 bits per heavy atom. The summed E-state index contributed by atoms with van der Waals surface area (Å²) < 4.78 is 1.98. The summed E-state index contributed by atoms with van der Waals surface area (Å²) >= 11 is 1.57. The normalized spacial score (nSPS) is 12.1. The number of nitriles is 1. The van der Waals surface area contributed by atoms with Crippen LogP contribution in [0.15, 0.2) is 54.2 Å². The number of halogens is 1. The Labute approximate surface area is 214 Å². The van der Waals surface area contributed by atoms with Gasteiger partial charge in [0.25, 0.3) is 5.91 Å². The smallest absolute Gasteiger partial charge is 0.251 e. The Hall–Kier alpha value is -2.84. The van der Waals surface area contributed by atoms with Crippen molar-refractivity contribution >= 4 is 23.2 Å². The van der Waals surface area contributed by atoms with Crippen LogP contribution in [0, 0.1) is 17.2 Å². The van der Waals surface area contributed by atoms with Crippen molar-refractivity contribution in [1.82, 2.24) is 15.6 Å². The molecule has 0 fully saturated rings. The molecule has 0 aliphatic carbocycles. The summed E-state index contributed by atoms with van der Waals surface area (Å²) in [5.41, 5.74) is 3.26. The van der Waals surface area contributed by atoms with Crippen molar-refractivity contribution in [3.63, 3.8) is 0 Å². The average molecular weight is 575 g/mol. The van der Waals surface area contributed by atoms with E-state index in [0.29, 0.717) is 5.56 Å². The number of hydrogen-bond acceptors (Lipinski definition) is 5. The Morgan fingerprint density at radius 3 is 2.58 bits per heavy atom. The van der Waals surface area contributed by atoms with Gasteiger partial charge in [0.2, 0.25) is 5.91 Å². The van der Waals surface area contributed by atoms with E-state index in [1.54, 1.807) is 23.5 Å². The maximum absolute atomic E-state index is 12.8. The zero-order chi connectivity index (χ0) is 23.1. The van der Waals surface area contributed by atoms with Gasteiger partial charge < -0.3 is 34.6 Å². The quantitative estimate of drug-likeness (QED) is 0.226. The molecule has 9 heteroatoms. The first kappa shape index (κ1) is 26.4. The molecule has 1 aromatic carbocycles. The summed E-state index contributed by atoms with van der Waals surface area (Å²) in [6, 6.07) is 12.4. The van der Waals surface area contributed by atoms with Crippen LogP contribution in [0.2, 0.25) is 0 Å². The number of carbonyl (C=O) groups excluding carboxylic acids is 2. The monoisotopic (exact) mass is 575 g/mol. The number of hydrogen-bond donors (Lipinski definition) is 2. The third-order valence-corrected chi connectivity index (χ3v) is 6.15. The highest BCUT2D eigenvalue weighted by Crippen LogP contribution is 2.28. The summed E-state index contributed by atoms with van der Waals surface area (Å²) in [6.07, 6.45) is 4.72. The van der Waals surface area contributed by atoms with E-state index in [1.165, 1.54) is 0 Å². The molecule has 2 heterocycles. The number of aromatic nitrogens is 2. The van der Waals surface area contributed by atoms with Gasteiger partial charge >= 0.3 is 0 Å². The minimum atomic E-state index is -0.700. The van der Waals surface area contributed by atoms with Crippen molar-refractivity contribution < 1.29 is 38.1 Å². The molecule has 172 valence electrons. The van der Waals surface area contributed by atoms with Gasteiger partial charge in [-0.3, -0.25) is 9.59 Å². The zero-order valence-corrected chi connectivity index (χ0v) is 21.7. The average Bonchev–Trinajstić information content (AvgIpc) is 3.31. The molecule has 2 aromatic heterocycles. The van der Waals surface area contributed by atoms with Crippen molar-refractivity contribution in [2.45, 2.75) is 26.3 Å². The number of rotatable bonds is 8. The molecule has 0 saturated heterocycles. The first-order valence-corrected chi connectivity index (χ1v) is 11.3. The first-order chi connectivity index (χ1) is 15.4. The summed E-state index contributed by atoms with van der Waals surface area (Å²) in [6.45, 7) is 3.76. The van der Waals surface area contributed by atoms with E-state index < -0.39 is 6.04 Å². The van der Waals surface area contributed by atoms with Gasteiger partial charge in [0.1, 0.15) is 24.6 Å². The van der Waals surface area contributed by atoms with E-state index in [0.717, 1.165) is 28.2 Å². The highest BCUT2D eigenvalue weighted by Gasteiger charge is 2.26. The summed E-state index contributed by atoms with van der Waals surface area (Å²) in [5.74, 6) is -0.745. The molecule has 3 aromatic rings. The highest BCUT2D eigenvalue weighted by molar-refractivity contribution is 7.13. The van der Waals surface area contributed by atoms with E-state index in [-0.39, 0.29) is 48.3 Å². The van der Waals surface area contributed by atoms with E-state index >= 15 is 0 Å². The lowest BCUT2D eigenvalue weighted by atomic mass is 9.97. The third-order valence-electron chi connectivity index (χ3n) is 5.26. The van der Waals surface area contributed by atoms with Crippen LogP contribution in [0.4, 0.5) is 0 Å². The molecule has 7 nitrogen and oxygen atoms in total. The zero-order valence-electron chi connectivity index (χ0n) is 18.7. The van der Waals surface area contributed by atoms with Crippen molar-refractivity contribution in [2.24, 2.45) is 13.0 Å². The fourth-order valence-electron chi connectivity index (χ4n) is 3.21. The summed E-state index contributed by atoms with van der Waals surface area (Å²) in [4.78, 5) is 29.8. The van der Waals surface area contributed by atoms with Crippen LogP contribution in [-0.4, -0.2) is 29.4 Å². The van der Waals surface area contributed by atoms with Gasteiger partial charge in [-0.25, -0.2) is 9.55 Å². The van der Waals surface area contributed by atoms with Gasteiger partial charge in [0, 0.05) is 22.6 Å². The van der Waals surface area contributed by atoms with E-state index in [9.17, 15) is 9.59 Å². The minimum absolute atomic E-state index is 0. The molecule has 0 aliphatic heterocycles. The SMILES string of the molecule is CCC(C)[C@H](NC(=O)c1ccc(-c2csc(-c3ccc[n+](C)c3)n2)cc1)C(=O)NCC#N.[I-]. The van der Waals surface area contributed by atoms with Crippen molar-refractivity contribution in [1.29, 1.82) is 5.26 Å². The lowest BCUT2D eigenvalue weighted by molar-refractivity contribution is -0.671. The number of benzene rings is 1. The molecule has 0 spiro atoms. The fraction of sp³-hybridized carbons (Fsp3) is 0.292. The Kier molecular flexibility index (Phi) is 9.94. The molecule has 2 N–H and O–H groups in total. The number of nitrogens with one attached hydrogen (secondary N) is 2. The Morgan fingerprint density at radius 1 is 1.21 bits per heavy atom. The Balaban J connectivity index is 0.00000385. The van der Waals surface area contributed by atoms with E-state index in [4.69, 9.17) is 10.2 Å². The molecule has 0 radical (unpaired) electrons. The van der Waals surface area contributed by atoms with Gasteiger partial charge in [-0.05, 0) is 24.1 Å². The van der Waals surface area contributed by atoms with Gasteiger partial charge in [-0.15, -0.1) is 11.3 Å². The molecule has 2 atom stereocenters. The molecule has 0 aliphatic rings.